The number of halogens is 1. The Bertz CT molecular complexity index is 485. The maximum absolute atomic E-state index is 11.3. The van der Waals surface area contributed by atoms with Crippen LogP contribution in [-0.4, -0.2) is 17.1 Å². The molecule has 0 saturated heterocycles. The van der Waals surface area contributed by atoms with Crippen LogP contribution >= 0.6 is 11.6 Å². The number of benzene rings is 1. The summed E-state index contributed by atoms with van der Waals surface area (Å²) in [6.45, 7) is 4.52. The Morgan fingerprint density at radius 3 is 2.84 bits per heavy atom. The van der Waals surface area contributed by atoms with Gasteiger partial charge in [0.05, 0.1) is 10.7 Å². The van der Waals surface area contributed by atoms with Crippen molar-refractivity contribution in [3.63, 3.8) is 0 Å². The maximum atomic E-state index is 11.3. The van der Waals surface area contributed by atoms with E-state index in [2.05, 4.69) is 19.2 Å². The van der Waals surface area contributed by atoms with Crippen molar-refractivity contribution in [3.05, 3.63) is 28.8 Å². The van der Waals surface area contributed by atoms with Gasteiger partial charge < -0.3 is 10.4 Å². The molecule has 0 spiro atoms. The molecule has 4 heteroatoms. The lowest BCUT2D eigenvalue weighted by molar-refractivity contribution is 0.0698. The maximum Gasteiger partial charge on any atom is 0.339 e. The first-order chi connectivity index (χ1) is 8.89. The first-order valence-corrected chi connectivity index (χ1v) is 7.05. The molecule has 0 aromatic heterocycles. The predicted octanol–water partition coefficient (Wildman–Crippen LogP) is 4.42. The molecule has 0 radical (unpaired) electrons. The van der Waals surface area contributed by atoms with Gasteiger partial charge in [-0.3, -0.25) is 0 Å². The Morgan fingerprint density at radius 1 is 1.47 bits per heavy atom. The van der Waals surface area contributed by atoms with Gasteiger partial charge in [0.1, 0.15) is 5.56 Å². The van der Waals surface area contributed by atoms with E-state index >= 15 is 0 Å². The minimum absolute atomic E-state index is 0.174. The smallest absolute Gasteiger partial charge is 0.339 e. The molecule has 3 nitrogen and oxygen atoms in total. The highest BCUT2D eigenvalue weighted by Crippen LogP contribution is 2.37. The number of nitrogens with one attached hydrogen (secondary N) is 1. The normalized spacial score (nSPS) is 21.9. The number of rotatable bonds is 3. The Balaban J connectivity index is 2.19. The molecule has 0 aliphatic heterocycles. The third-order valence-corrected chi connectivity index (χ3v) is 4.11. The van der Waals surface area contributed by atoms with E-state index < -0.39 is 5.97 Å². The Labute approximate surface area is 119 Å². The molecule has 1 atom stereocenters. The van der Waals surface area contributed by atoms with Crippen LogP contribution in [0.15, 0.2) is 18.2 Å². The average molecular weight is 282 g/mol. The Hall–Kier alpha value is -1.22. The van der Waals surface area contributed by atoms with Crippen LogP contribution in [0.4, 0.5) is 5.69 Å². The highest BCUT2D eigenvalue weighted by Gasteiger charge is 2.28. The number of carboxylic acid groups (broad SMARTS) is 1. The van der Waals surface area contributed by atoms with Crippen LogP contribution in [0.3, 0.4) is 0 Å². The van der Waals surface area contributed by atoms with Gasteiger partial charge in [0.25, 0.3) is 0 Å². The van der Waals surface area contributed by atoms with Crippen LogP contribution in [0.1, 0.15) is 49.9 Å². The lowest BCUT2D eigenvalue weighted by Gasteiger charge is -2.36. The molecule has 104 valence electrons. The fourth-order valence-electron chi connectivity index (χ4n) is 2.90. The van der Waals surface area contributed by atoms with Crippen molar-refractivity contribution in [1.29, 1.82) is 0 Å². The summed E-state index contributed by atoms with van der Waals surface area (Å²) >= 11 is 5.98. The van der Waals surface area contributed by atoms with Gasteiger partial charge >= 0.3 is 5.97 Å². The molecule has 1 aromatic rings. The first-order valence-electron chi connectivity index (χ1n) is 6.67. The SMILES string of the molecule is CC1(C)CCCC(Nc2cccc(Cl)c2C(=O)O)C1. The lowest BCUT2D eigenvalue weighted by atomic mass is 9.75. The van der Waals surface area contributed by atoms with Crippen LogP contribution in [0, 0.1) is 5.41 Å². The number of carbonyl (C=O) groups is 1. The van der Waals surface area contributed by atoms with E-state index in [0.29, 0.717) is 17.1 Å². The summed E-state index contributed by atoms with van der Waals surface area (Å²) in [5.41, 5.74) is 1.12. The topological polar surface area (TPSA) is 49.3 Å². The third-order valence-electron chi connectivity index (χ3n) is 3.79. The lowest BCUT2D eigenvalue weighted by Crippen LogP contribution is -2.32. The molecule has 1 aliphatic rings. The molecule has 0 amide bonds. The second kappa shape index (κ2) is 5.41. The Morgan fingerprint density at radius 2 is 2.21 bits per heavy atom. The summed E-state index contributed by atoms with van der Waals surface area (Å²) in [5.74, 6) is -0.983. The quantitative estimate of drug-likeness (QED) is 0.862. The summed E-state index contributed by atoms with van der Waals surface area (Å²) in [7, 11) is 0. The van der Waals surface area contributed by atoms with E-state index in [1.807, 2.05) is 0 Å². The summed E-state index contributed by atoms with van der Waals surface area (Å²) < 4.78 is 0. The van der Waals surface area contributed by atoms with E-state index in [9.17, 15) is 9.90 Å². The second-order valence-electron chi connectivity index (χ2n) is 6.07. The van der Waals surface area contributed by atoms with Crippen molar-refractivity contribution in [1.82, 2.24) is 0 Å². The number of hydrogen-bond donors (Lipinski definition) is 2. The first kappa shape index (κ1) is 14.2. The van der Waals surface area contributed by atoms with Crippen LogP contribution in [0.25, 0.3) is 0 Å². The van der Waals surface area contributed by atoms with Gasteiger partial charge in [-0.2, -0.15) is 0 Å². The summed E-state index contributed by atoms with van der Waals surface area (Å²) in [6, 6.07) is 5.50. The molecule has 2 rings (SSSR count). The van der Waals surface area contributed by atoms with Gasteiger partial charge in [-0.25, -0.2) is 4.79 Å². The van der Waals surface area contributed by atoms with Crippen molar-refractivity contribution >= 4 is 23.3 Å². The number of anilines is 1. The zero-order valence-electron chi connectivity index (χ0n) is 11.4. The van der Waals surface area contributed by atoms with Crippen LogP contribution in [0.5, 0.6) is 0 Å². The van der Waals surface area contributed by atoms with Crippen LogP contribution in [0.2, 0.25) is 5.02 Å². The number of hydrogen-bond acceptors (Lipinski definition) is 2. The molecule has 19 heavy (non-hydrogen) atoms. The van der Waals surface area contributed by atoms with E-state index in [-0.39, 0.29) is 10.6 Å². The van der Waals surface area contributed by atoms with Crippen molar-refractivity contribution in [2.45, 2.75) is 45.6 Å². The van der Waals surface area contributed by atoms with Crippen LogP contribution in [-0.2, 0) is 0 Å². The fourth-order valence-corrected chi connectivity index (χ4v) is 3.16. The number of carboxylic acids is 1. The molecular weight excluding hydrogens is 262 g/mol. The fraction of sp³-hybridized carbons (Fsp3) is 0.533. The molecular formula is C15H20ClNO2. The molecule has 0 heterocycles. The molecule has 0 bridgehead atoms. The summed E-state index contributed by atoms with van der Waals surface area (Å²) in [5, 5.41) is 12.9. The number of aromatic carboxylic acids is 1. The van der Waals surface area contributed by atoms with Crippen molar-refractivity contribution < 1.29 is 9.90 Å². The molecule has 1 saturated carbocycles. The van der Waals surface area contributed by atoms with Gasteiger partial charge in [-0.15, -0.1) is 0 Å². The average Bonchev–Trinajstić information content (AvgIpc) is 2.26. The Kier molecular flexibility index (Phi) is 4.04. The molecule has 1 aliphatic carbocycles. The van der Waals surface area contributed by atoms with E-state index in [1.54, 1.807) is 18.2 Å². The molecule has 1 aromatic carbocycles. The summed E-state index contributed by atoms with van der Waals surface area (Å²) in [6.07, 6.45) is 4.54. The molecule has 1 unspecified atom stereocenters. The third kappa shape index (κ3) is 3.41. The van der Waals surface area contributed by atoms with Crippen LogP contribution < -0.4 is 5.32 Å². The van der Waals surface area contributed by atoms with E-state index in [0.717, 1.165) is 12.8 Å². The minimum Gasteiger partial charge on any atom is -0.478 e. The molecule has 1 fully saturated rings. The van der Waals surface area contributed by atoms with Gasteiger partial charge in [0.2, 0.25) is 0 Å². The van der Waals surface area contributed by atoms with E-state index in [4.69, 9.17) is 11.6 Å². The zero-order chi connectivity index (χ0) is 14.0. The van der Waals surface area contributed by atoms with Crippen molar-refractivity contribution in [2.24, 2.45) is 5.41 Å². The van der Waals surface area contributed by atoms with Gasteiger partial charge in [0, 0.05) is 6.04 Å². The minimum atomic E-state index is -0.983. The largest absolute Gasteiger partial charge is 0.478 e. The monoisotopic (exact) mass is 281 g/mol. The zero-order valence-corrected chi connectivity index (χ0v) is 12.1. The summed E-state index contributed by atoms with van der Waals surface area (Å²) in [4.78, 5) is 11.3. The standard InChI is InChI=1S/C15H20ClNO2/c1-15(2)8-4-5-10(9-15)17-12-7-3-6-11(16)13(12)14(18)19/h3,6-7,10,17H,4-5,8-9H2,1-2H3,(H,18,19). The van der Waals surface area contributed by atoms with Gasteiger partial charge in [-0.1, -0.05) is 37.9 Å². The van der Waals surface area contributed by atoms with Gasteiger partial charge in [-0.05, 0) is 36.8 Å². The van der Waals surface area contributed by atoms with E-state index in [1.165, 1.54) is 12.8 Å². The highest BCUT2D eigenvalue weighted by molar-refractivity contribution is 6.34. The molecule has 2 N–H and O–H groups in total. The highest BCUT2D eigenvalue weighted by atomic mass is 35.5. The predicted molar refractivity (Wildman–Crippen MR) is 78.1 cm³/mol. The van der Waals surface area contributed by atoms with Crippen molar-refractivity contribution in [3.8, 4) is 0 Å². The second-order valence-corrected chi connectivity index (χ2v) is 6.48. The van der Waals surface area contributed by atoms with Gasteiger partial charge in [0.15, 0.2) is 0 Å². The van der Waals surface area contributed by atoms with Crippen molar-refractivity contribution in [2.75, 3.05) is 5.32 Å².